The highest BCUT2D eigenvalue weighted by Gasteiger charge is 2.44. The number of amides is 1. The van der Waals surface area contributed by atoms with Crippen molar-refractivity contribution in [2.24, 2.45) is 5.41 Å². The van der Waals surface area contributed by atoms with Crippen molar-refractivity contribution in [1.82, 2.24) is 20.0 Å². The van der Waals surface area contributed by atoms with E-state index < -0.39 is 0 Å². The number of H-pyrrole nitrogens is 1. The molecule has 19 heavy (non-hydrogen) atoms. The van der Waals surface area contributed by atoms with Crippen LogP contribution in [-0.2, 0) is 0 Å². The molecule has 0 saturated carbocycles. The van der Waals surface area contributed by atoms with Gasteiger partial charge in [0.1, 0.15) is 0 Å². The molecule has 3 rings (SSSR count). The van der Waals surface area contributed by atoms with Gasteiger partial charge >= 0.3 is 0 Å². The maximum absolute atomic E-state index is 12.5. The van der Waals surface area contributed by atoms with E-state index in [9.17, 15) is 4.79 Å². The number of hydrogen-bond donors (Lipinski definition) is 1. The molecular weight excluding hydrogens is 240 g/mol. The Morgan fingerprint density at radius 2 is 2.00 bits per heavy atom. The van der Waals surface area contributed by atoms with Gasteiger partial charge in [0.15, 0.2) is 5.69 Å². The quantitative estimate of drug-likeness (QED) is 0.827. The summed E-state index contributed by atoms with van der Waals surface area (Å²) in [5.41, 5.74) is 2.90. The summed E-state index contributed by atoms with van der Waals surface area (Å²) in [6.07, 6.45) is 2.34. The van der Waals surface area contributed by atoms with Crippen molar-refractivity contribution < 1.29 is 4.79 Å². The molecule has 2 aliphatic rings. The van der Waals surface area contributed by atoms with E-state index in [0.29, 0.717) is 11.1 Å². The highest BCUT2D eigenvalue weighted by Crippen LogP contribution is 2.39. The zero-order valence-corrected chi connectivity index (χ0v) is 12.0. The van der Waals surface area contributed by atoms with E-state index in [-0.39, 0.29) is 5.91 Å². The van der Waals surface area contributed by atoms with Crippen LogP contribution in [0.2, 0.25) is 0 Å². The lowest BCUT2D eigenvalue weighted by Crippen LogP contribution is -2.34. The van der Waals surface area contributed by atoms with E-state index in [1.165, 1.54) is 6.42 Å². The molecule has 1 amide bonds. The van der Waals surface area contributed by atoms with Crippen molar-refractivity contribution in [3.8, 4) is 0 Å². The number of rotatable bonds is 1. The van der Waals surface area contributed by atoms with Gasteiger partial charge in [0.05, 0.1) is 0 Å². The molecule has 1 unspecified atom stereocenters. The maximum Gasteiger partial charge on any atom is 0.274 e. The summed E-state index contributed by atoms with van der Waals surface area (Å²) in [4.78, 5) is 16.9. The summed E-state index contributed by atoms with van der Waals surface area (Å²) in [5.74, 6) is 0.0910. The van der Waals surface area contributed by atoms with Crippen LogP contribution in [0.4, 0.5) is 0 Å². The Morgan fingerprint density at radius 3 is 2.58 bits per heavy atom. The van der Waals surface area contributed by atoms with Crippen LogP contribution in [0.5, 0.6) is 0 Å². The van der Waals surface area contributed by atoms with Crippen molar-refractivity contribution in [3.05, 3.63) is 17.0 Å². The zero-order chi connectivity index (χ0) is 13.6. The molecule has 0 bridgehead atoms. The molecule has 1 aromatic rings. The number of carbonyl (C=O) groups is 1. The molecule has 1 N–H and O–H groups in total. The standard InChI is InChI=1S/C14H22N4O/c1-10-11(2)15-16-12(10)13(19)18-7-5-14(9-18)4-6-17(3)8-14/h4-9H2,1-3H3,(H,15,16). The summed E-state index contributed by atoms with van der Waals surface area (Å²) >= 11 is 0. The smallest absolute Gasteiger partial charge is 0.274 e. The van der Waals surface area contributed by atoms with Gasteiger partial charge in [0.2, 0.25) is 0 Å². The summed E-state index contributed by atoms with van der Waals surface area (Å²) < 4.78 is 0. The van der Waals surface area contributed by atoms with Gasteiger partial charge in [-0.1, -0.05) is 0 Å². The SMILES string of the molecule is Cc1[nH]nc(C(=O)N2CCC3(CCN(C)C3)C2)c1C. The predicted molar refractivity (Wildman–Crippen MR) is 73.1 cm³/mol. The van der Waals surface area contributed by atoms with Crippen molar-refractivity contribution in [3.63, 3.8) is 0 Å². The summed E-state index contributed by atoms with van der Waals surface area (Å²) in [6, 6.07) is 0. The fourth-order valence-corrected chi connectivity index (χ4v) is 3.44. The van der Waals surface area contributed by atoms with E-state index in [2.05, 4.69) is 22.1 Å². The van der Waals surface area contributed by atoms with Gasteiger partial charge in [0, 0.05) is 36.3 Å². The van der Waals surface area contributed by atoms with E-state index in [0.717, 1.165) is 43.9 Å². The number of aryl methyl sites for hydroxylation is 1. The van der Waals surface area contributed by atoms with E-state index in [1.807, 2.05) is 18.7 Å². The predicted octanol–water partition coefficient (Wildman–Crippen LogP) is 1.19. The molecule has 104 valence electrons. The molecule has 3 heterocycles. The van der Waals surface area contributed by atoms with Gasteiger partial charge in [-0.05, 0) is 40.3 Å². The number of aromatic nitrogens is 2. The van der Waals surface area contributed by atoms with E-state index in [4.69, 9.17) is 0 Å². The first kappa shape index (κ1) is 12.7. The minimum atomic E-state index is 0.0910. The molecule has 5 heteroatoms. The van der Waals surface area contributed by atoms with Crippen LogP contribution < -0.4 is 0 Å². The molecule has 1 spiro atoms. The highest BCUT2D eigenvalue weighted by atomic mass is 16.2. The monoisotopic (exact) mass is 262 g/mol. The van der Waals surface area contributed by atoms with Crippen LogP contribution in [-0.4, -0.2) is 59.1 Å². The minimum Gasteiger partial charge on any atom is -0.337 e. The largest absolute Gasteiger partial charge is 0.337 e. The van der Waals surface area contributed by atoms with Gasteiger partial charge in [-0.25, -0.2) is 0 Å². The van der Waals surface area contributed by atoms with Gasteiger partial charge in [-0.2, -0.15) is 5.10 Å². The molecular formula is C14H22N4O. The summed E-state index contributed by atoms with van der Waals surface area (Å²) in [7, 11) is 2.17. The lowest BCUT2D eigenvalue weighted by molar-refractivity contribution is 0.0767. The Kier molecular flexibility index (Phi) is 2.89. The third-order valence-corrected chi connectivity index (χ3v) is 4.81. The number of nitrogens with zero attached hydrogens (tertiary/aromatic N) is 3. The number of carbonyl (C=O) groups excluding carboxylic acids is 1. The van der Waals surface area contributed by atoms with Crippen LogP contribution in [0.3, 0.4) is 0 Å². The molecule has 0 radical (unpaired) electrons. The van der Waals surface area contributed by atoms with Gasteiger partial charge in [-0.3, -0.25) is 9.89 Å². The Labute approximate surface area is 114 Å². The van der Waals surface area contributed by atoms with Gasteiger partial charge < -0.3 is 9.80 Å². The Balaban J connectivity index is 1.75. The second kappa shape index (κ2) is 4.34. The zero-order valence-electron chi connectivity index (χ0n) is 12.0. The first-order valence-corrected chi connectivity index (χ1v) is 7.00. The second-order valence-corrected chi connectivity index (χ2v) is 6.29. The normalized spacial score (nSPS) is 27.6. The Hall–Kier alpha value is -1.36. The first-order valence-electron chi connectivity index (χ1n) is 7.00. The topological polar surface area (TPSA) is 52.2 Å². The van der Waals surface area contributed by atoms with Crippen LogP contribution >= 0.6 is 0 Å². The molecule has 2 aliphatic heterocycles. The van der Waals surface area contributed by atoms with Gasteiger partial charge in [-0.15, -0.1) is 0 Å². The van der Waals surface area contributed by atoms with Crippen molar-refractivity contribution in [2.75, 3.05) is 33.2 Å². The molecule has 2 fully saturated rings. The van der Waals surface area contributed by atoms with Gasteiger partial charge in [0.25, 0.3) is 5.91 Å². The maximum atomic E-state index is 12.5. The van der Waals surface area contributed by atoms with Crippen LogP contribution in [0.15, 0.2) is 0 Å². The molecule has 5 nitrogen and oxygen atoms in total. The molecule has 1 aromatic heterocycles. The number of likely N-dealkylation sites (tertiary alicyclic amines) is 2. The number of nitrogens with one attached hydrogen (secondary N) is 1. The van der Waals surface area contributed by atoms with Crippen LogP contribution in [0.1, 0.15) is 34.6 Å². The lowest BCUT2D eigenvalue weighted by atomic mass is 9.86. The van der Waals surface area contributed by atoms with Crippen molar-refractivity contribution in [1.29, 1.82) is 0 Å². The summed E-state index contributed by atoms with van der Waals surface area (Å²) in [5, 5.41) is 7.07. The van der Waals surface area contributed by atoms with E-state index >= 15 is 0 Å². The highest BCUT2D eigenvalue weighted by molar-refractivity contribution is 5.94. The average molecular weight is 262 g/mol. The molecule has 2 saturated heterocycles. The number of aromatic amines is 1. The molecule has 0 aliphatic carbocycles. The lowest BCUT2D eigenvalue weighted by Gasteiger charge is -2.23. The van der Waals surface area contributed by atoms with Crippen molar-refractivity contribution in [2.45, 2.75) is 26.7 Å². The summed E-state index contributed by atoms with van der Waals surface area (Å²) in [6.45, 7) is 7.95. The molecule has 1 atom stereocenters. The van der Waals surface area contributed by atoms with Crippen molar-refractivity contribution >= 4 is 5.91 Å². The third kappa shape index (κ3) is 2.06. The first-order chi connectivity index (χ1) is 9.01. The van der Waals surface area contributed by atoms with E-state index in [1.54, 1.807) is 0 Å². The second-order valence-electron chi connectivity index (χ2n) is 6.29. The molecule has 0 aromatic carbocycles. The fraction of sp³-hybridized carbons (Fsp3) is 0.714. The third-order valence-electron chi connectivity index (χ3n) is 4.81. The average Bonchev–Trinajstić information content (AvgIpc) is 3.04. The minimum absolute atomic E-state index is 0.0910. The Morgan fingerprint density at radius 1 is 1.26 bits per heavy atom. The Bertz CT molecular complexity index is 510. The number of hydrogen-bond acceptors (Lipinski definition) is 3. The van der Waals surface area contributed by atoms with Crippen LogP contribution in [0, 0.1) is 19.3 Å². The van der Waals surface area contributed by atoms with Crippen LogP contribution in [0.25, 0.3) is 0 Å². The fourth-order valence-electron chi connectivity index (χ4n) is 3.44.